The minimum Gasteiger partial charge on any atom is -0.454 e. The van der Waals surface area contributed by atoms with E-state index in [0.29, 0.717) is 0 Å². The molecule has 0 unspecified atom stereocenters. The Labute approximate surface area is 189 Å². The van der Waals surface area contributed by atoms with Gasteiger partial charge in [0.1, 0.15) is 18.3 Å². The monoisotopic (exact) mass is 460 g/mol. The summed E-state index contributed by atoms with van der Waals surface area (Å²) in [6.45, 7) is 7.47. The lowest BCUT2D eigenvalue weighted by Gasteiger charge is -2.45. The second kappa shape index (κ2) is 9.82. The number of hydrogen-bond acceptors (Lipinski definition) is 7. The van der Waals surface area contributed by atoms with E-state index in [1.165, 1.54) is 0 Å². The van der Waals surface area contributed by atoms with Crippen molar-refractivity contribution in [2.24, 2.45) is 0 Å². The van der Waals surface area contributed by atoms with Crippen molar-refractivity contribution in [3.63, 3.8) is 0 Å². The molecule has 0 spiro atoms. The van der Waals surface area contributed by atoms with Gasteiger partial charge in [0.15, 0.2) is 12.4 Å². The number of carbonyl (C=O) groups excluding carboxylic acids is 1. The van der Waals surface area contributed by atoms with Gasteiger partial charge in [-0.05, 0) is 15.4 Å². The molecular weight excluding hydrogens is 428 g/mol. The van der Waals surface area contributed by atoms with E-state index in [1.54, 1.807) is 0 Å². The van der Waals surface area contributed by atoms with Crippen LogP contribution in [-0.2, 0) is 18.7 Å². The van der Waals surface area contributed by atoms with Gasteiger partial charge in [0.05, 0.1) is 6.61 Å². The summed E-state index contributed by atoms with van der Waals surface area (Å²) in [4.78, 5) is 11.3. The largest absolute Gasteiger partial charge is 0.454 e. The van der Waals surface area contributed by atoms with Crippen molar-refractivity contribution < 1.29 is 34.0 Å². The molecule has 1 aliphatic rings. The summed E-state index contributed by atoms with van der Waals surface area (Å²) in [5, 5.41) is 33.2. The fourth-order valence-corrected chi connectivity index (χ4v) is 8.92. The van der Waals surface area contributed by atoms with Gasteiger partial charge in [0, 0.05) is 6.92 Å². The molecule has 0 bridgehead atoms. The van der Waals surface area contributed by atoms with Crippen LogP contribution in [0.2, 0.25) is 5.04 Å². The van der Waals surface area contributed by atoms with Crippen LogP contribution in [0.5, 0.6) is 0 Å². The highest BCUT2D eigenvalue weighted by atomic mass is 28.4. The van der Waals surface area contributed by atoms with Gasteiger partial charge < -0.3 is 29.2 Å². The Morgan fingerprint density at radius 1 is 0.938 bits per heavy atom. The zero-order valence-corrected chi connectivity index (χ0v) is 19.8. The van der Waals surface area contributed by atoms with Gasteiger partial charge >= 0.3 is 5.97 Å². The van der Waals surface area contributed by atoms with Crippen molar-refractivity contribution in [3.05, 3.63) is 60.7 Å². The van der Waals surface area contributed by atoms with E-state index < -0.39 is 45.0 Å². The Morgan fingerprint density at radius 3 is 1.88 bits per heavy atom. The molecule has 2 aromatic carbocycles. The average Bonchev–Trinajstić information content (AvgIpc) is 2.75. The summed E-state index contributed by atoms with van der Waals surface area (Å²) >= 11 is 0. The number of esters is 1. The third-order valence-corrected chi connectivity index (χ3v) is 10.9. The molecule has 1 heterocycles. The SMILES string of the molecule is CC(=O)O[C@H]1[C@H](O)[C@H](O)[C@H](CO[Si](c2ccccc2)(c2ccccc2)C(C)(C)C)O[C@H]1O. The van der Waals surface area contributed by atoms with Crippen LogP contribution in [0.15, 0.2) is 60.7 Å². The number of rotatable bonds is 6. The molecule has 0 saturated carbocycles. The smallest absolute Gasteiger partial charge is 0.303 e. The molecule has 0 amide bonds. The van der Waals surface area contributed by atoms with E-state index in [-0.39, 0.29) is 11.6 Å². The van der Waals surface area contributed by atoms with Crippen LogP contribution in [0, 0.1) is 0 Å². The summed E-state index contributed by atoms with van der Waals surface area (Å²) in [5.74, 6) is -0.689. The molecule has 0 aliphatic carbocycles. The third kappa shape index (κ3) is 4.80. The molecular formula is C24H32O7Si. The van der Waals surface area contributed by atoms with Crippen LogP contribution in [0.3, 0.4) is 0 Å². The van der Waals surface area contributed by atoms with E-state index >= 15 is 0 Å². The first-order chi connectivity index (χ1) is 15.1. The average molecular weight is 461 g/mol. The number of ether oxygens (including phenoxy) is 2. The standard InChI is InChI=1S/C24H32O7Si/c1-16(25)30-22-21(27)20(26)19(31-23(22)28)15-29-32(24(2,3)4,17-11-7-5-8-12-17)18-13-9-6-10-14-18/h5-14,19-23,26-28H,15H2,1-4H3/t19-,20+,21+,22-,23+/m0/s1. The molecule has 1 aliphatic heterocycles. The normalized spacial score (nSPS) is 26.5. The van der Waals surface area contributed by atoms with Crippen LogP contribution in [0.4, 0.5) is 0 Å². The summed E-state index contributed by atoms with van der Waals surface area (Å²) in [7, 11) is -2.89. The van der Waals surface area contributed by atoms with Crippen molar-refractivity contribution in [2.75, 3.05) is 6.61 Å². The van der Waals surface area contributed by atoms with Crippen molar-refractivity contribution in [1.29, 1.82) is 0 Å². The summed E-state index contributed by atoms with van der Waals surface area (Å²) in [5.41, 5.74) is 0. The molecule has 3 N–H and O–H groups in total. The number of aliphatic hydroxyl groups excluding tert-OH is 3. The fraction of sp³-hybridized carbons (Fsp3) is 0.458. The van der Waals surface area contributed by atoms with Crippen LogP contribution >= 0.6 is 0 Å². The first kappa shape index (κ1) is 24.6. The number of hydrogen-bond donors (Lipinski definition) is 3. The van der Waals surface area contributed by atoms with E-state index in [2.05, 4.69) is 20.8 Å². The highest BCUT2D eigenvalue weighted by molar-refractivity contribution is 6.99. The van der Waals surface area contributed by atoms with Crippen LogP contribution < -0.4 is 10.4 Å². The molecule has 2 aromatic rings. The van der Waals surface area contributed by atoms with Crippen LogP contribution in [0.1, 0.15) is 27.7 Å². The first-order valence-corrected chi connectivity index (χ1v) is 12.6. The summed E-state index contributed by atoms with van der Waals surface area (Å²) < 4.78 is 17.2. The van der Waals surface area contributed by atoms with Gasteiger partial charge in [0.25, 0.3) is 8.32 Å². The second-order valence-electron chi connectivity index (χ2n) is 9.09. The zero-order valence-electron chi connectivity index (χ0n) is 18.8. The number of benzene rings is 2. The predicted molar refractivity (Wildman–Crippen MR) is 122 cm³/mol. The van der Waals surface area contributed by atoms with Crippen molar-refractivity contribution in [1.82, 2.24) is 0 Å². The van der Waals surface area contributed by atoms with Gasteiger partial charge in [-0.25, -0.2) is 0 Å². The number of aliphatic hydroxyl groups is 3. The molecule has 8 heteroatoms. The Hall–Kier alpha value is -2.07. The molecule has 0 aromatic heterocycles. The molecule has 174 valence electrons. The molecule has 3 rings (SSSR count). The summed E-state index contributed by atoms with van der Waals surface area (Å²) in [6.07, 6.45) is -6.86. The lowest BCUT2D eigenvalue weighted by Crippen LogP contribution is -2.68. The molecule has 1 saturated heterocycles. The van der Waals surface area contributed by atoms with Gasteiger partial charge in [-0.15, -0.1) is 0 Å². The Balaban J connectivity index is 1.94. The maximum absolute atomic E-state index is 11.3. The first-order valence-electron chi connectivity index (χ1n) is 10.7. The highest BCUT2D eigenvalue weighted by Crippen LogP contribution is 2.37. The Kier molecular flexibility index (Phi) is 7.54. The van der Waals surface area contributed by atoms with Crippen LogP contribution in [-0.4, -0.2) is 66.9 Å². The third-order valence-electron chi connectivity index (χ3n) is 5.85. The van der Waals surface area contributed by atoms with E-state index in [0.717, 1.165) is 17.3 Å². The predicted octanol–water partition coefficient (Wildman–Crippen LogP) is 0.934. The van der Waals surface area contributed by atoms with Gasteiger partial charge in [-0.1, -0.05) is 81.4 Å². The van der Waals surface area contributed by atoms with Crippen molar-refractivity contribution in [2.45, 2.75) is 63.4 Å². The zero-order chi connectivity index (χ0) is 23.5. The fourth-order valence-electron chi connectivity index (χ4n) is 4.35. The molecule has 1 fully saturated rings. The molecule has 32 heavy (non-hydrogen) atoms. The minimum absolute atomic E-state index is 0.0602. The molecule has 5 atom stereocenters. The maximum Gasteiger partial charge on any atom is 0.303 e. The van der Waals surface area contributed by atoms with Gasteiger partial charge in [-0.2, -0.15) is 0 Å². The van der Waals surface area contributed by atoms with E-state index in [9.17, 15) is 20.1 Å². The molecule has 7 nitrogen and oxygen atoms in total. The van der Waals surface area contributed by atoms with Crippen molar-refractivity contribution in [3.8, 4) is 0 Å². The van der Waals surface area contributed by atoms with Crippen LogP contribution in [0.25, 0.3) is 0 Å². The Bertz CT molecular complexity index is 845. The maximum atomic E-state index is 11.3. The van der Waals surface area contributed by atoms with E-state index in [4.69, 9.17) is 13.9 Å². The minimum atomic E-state index is -2.89. The van der Waals surface area contributed by atoms with E-state index in [1.807, 2.05) is 60.7 Å². The quantitative estimate of drug-likeness (QED) is 0.435. The lowest BCUT2D eigenvalue weighted by molar-refractivity contribution is -0.289. The summed E-state index contributed by atoms with van der Waals surface area (Å²) in [6, 6.07) is 20.0. The number of carbonyl (C=O) groups is 1. The van der Waals surface area contributed by atoms with Crippen molar-refractivity contribution >= 4 is 24.7 Å². The Morgan fingerprint density at radius 2 is 1.44 bits per heavy atom. The lowest BCUT2D eigenvalue weighted by atomic mass is 9.99. The van der Waals surface area contributed by atoms with Gasteiger partial charge in [-0.3, -0.25) is 4.79 Å². The second-order valence-corrected chi connectivity index (χ2v) is 13.4. The highest BCUT2D eigenvalue weighted by Gasteiger charge is 2.52. The molecule has 0 radical (unpaired) electrons. The van der Waals surface area contributed by atoms with Gasteiger partial charge in [0.2, 0.25) is 0 Å². The topological polar surface area (TPSA) is 105 Å².